The molecule has 1 radical (unpaired) electrons. The van der Waals surface area contributed by atoms with Crippen LogP contribution in [0.25, 0.3) is 0 Å². The van der Waals surface area contributed by atoms with Gasteiger partial charge in [0.05, 0.1) is 32.0 Å². The molecule has 0 amide bonds. The number of hydrogen-bond donors (Lipinski definition) is 0. The minimum atomic E-state index is -0.549. The first kappa shape index (κ1) is 28.6. The van der Waals surface area contributed by atoms with E-state index in [0.29, 0.717) is 25.7 Å². The monoisotopic (exact) mass is 555 g/mol. The lowest BCUT2D eigenvalue weighted by Gasteiger charge is -2.47. The Balaban J connectivity index is 1.26. The van der Waals surface area contributed by atoms with E-state index in [1.165, 1.54) is 25.7 Å². The maximum absolute atomic E-state index is 6.87. The number of ether oxygens (including phenoxy) is 5. The van der Waals surface area contributed by atoms with Gasteiger partial charge in [-0.2, -0.15) is 0 Å². The van der Waals surface area contributed by atoms with Crippen molar-refractivity contribution in [3.8, 4) is 0 Å². The molecule has 1 heterocycles. The molecule has 2 aliphatic carbocycles. The second-order valence-electron chi connectivity index (χ2n) is 11.8. The highest BCUT2D eigenvalue weighted by Gasteiger charge is 2.49. The Bertz CT molecular complexity index is 1170. The maximum Gasteiger partial charge on any atom is 0.187 e. The molecule has 217 valence electrons. The third-order valence-corrected chi connectivity index (χ3v) is 8.66. The molecule has 2 saturated carbocycles. The number of hydrogen-bond acceptors (Lipinski definition) is 5. The summed E-state index contributed by atoms with van der Waals surface area (Å²) in [5.74, 6) is 1.33. The van der Waals surface area contributed by atoms with Crippen molar-refractivity contribution in [2.24, 2.45) is 11.8 Å². The van der Waals surface area contributed by atoms with Crippen molar-refractivity contribution in [3.05, 3.63) is 114 Å². The number of rotatable bonds is 12. The van der Waals surface area contributed by atoms with Crippen molar-refractivity contribution < 1.29 is 23.7 Å². The smallest absolute Gasteiger partial charge is 0.187 e. The summed E-state index contributed by atoms with van der Waals surface area (Å²) in [4.78, 5) is 0. The average Bonchev–Trinajstić information content (AvgIpc) is 3.87. The van der Waals surface area contributed by atoms with E-state index in [9.17, 15) is 0 Å². The fourth-order valence-electron chi connectivity index (χ4n) is 6.29. The molecule has 0 unspecified atom stereocenters. The van der Waals surface area contributed by atoms with Crippen molar-refractivity contribution in [1.29, 1.82) is 0 Å². The van der Waals surface area contributed by atoms with Crippen LogP contribution < -0.4 is 0 Å². The molecular formula is C36H43O5. The van der Waals surface area contributed by atoms with Gasteiger partial charge in [-0.1, -0.05) is 97.4 Å². The van der Waals surface area contributed by atoms with Gasteiger partial charge < -0.3 is 23.7 Å². The van der Waals surface area contributed by atoms with Crippen LogP contribution in [0.4, 0.5) is 0 Å². The van der Waals surface area contributed by atoms with Crippen molar-refractivity contribution >= 4 is 0 Å². The van der Waals surface area contributed by atoms with E-state index in [1.54, 1.807) is 0 Å². The average molecular weight is 556 g/mol. The molecule has 41 heavy (non-hydrogen) atoms. The van der Waals surface area contributed by atoms with Crippen LogP contribution >= 0.6 is 0 Å². The van der Waals surface area contributed by atoms with Gasteiger partial charge in [0.1, 0.15) is 18.3 Å². The molecule has 1 aliphatic heterocycles. The highest BCUT2D eigenvalue weighted by molar-refractivity contribution is 5.15. The summed E-state index contributed by atoms with van der Waals surface area (Å²) in [7, 11) is 0. The molecule has 3 aromatic carbocycles. The lowest BCUT2D eigenvalue weighted by molar-refractivity contribution is -0.330. The van der Waals surface area contributed by atoms with Crippen molar-refractivity contribution in [3.63, 3.8) is 0 Å². The Labute approximate surface area is 245 Å². The summed E-state index contributed by atoms with van der Waals surface area (Å²) in [5.41, 5.74) is 3.33. The molecule has 0 aromatic heterocycles. The van der Waals surface area contributed by atoms with Crippen LogP contribution in [-0.4, -0.2) is 36.8 Å². The minimum absolute atomic E-state index is 0.0767. The first-order valence-corrected chi connectivity index (χ1v) is 15.4. The molecule has 0 spiro atoms. The quantitative estimate of drug-likeness (QED) is 0.235. The summed E-state index contributed by atoms with van der Waals surface area (Å²) >= 11 is 0. The van der Waals surface area contributed by atoms with Crippen LogP contribution in [0.15, 0.2) is 91.0 Å². The normalized spacial score (nSPS) is 30.2. The molecule has 3 fully saturated rings. The summed E-state index contributed by atoms with van der Waals surface area (Å²) < 4.78 is 33.5. The van der Waals surface area contributed by atoms with Crippen LogP contribution in [0.2, 0.25) is 0 Å². The second kappa shape index (κ2) is 14.1. The first-order valence-electron chi connectivity index (χ1n) is 15.4. The third-order valence-electron chi connectivity index (χ3n) is 8.66. The van der Waals surface area contributed by atoms with Gasteiger partial charge in [0, 0.05) is 0 Å². The zero-order valence-electron chi connectivity index (χ0n) is 24.1. The number of benzene rings is 3. The molecule has 0 N–H and O–H groups in total. The summed E-state index contributed by atoms with van der Waals surface area (Å²) in [6.07, 6.45) is 6.69. The Morgan fingerprint density at radius 1 is 0.634 bits per heavy atom. The van der Waals surface area contributed by atoms with Gasteiger partial charge in [-0.15, -0.1) is 0 Å². The van der Waals surface area contributed by atoms with Crippen LogP contribution in [0.5, 0.6) is 0 Å². The predicted molar refractivity (Wildman–Crippen MR) is 159 cm³/mol. The summed E-state index contributed by atoms with van der Waals surface area (Å²) in [6.45, 7) is 3.45. The predicted octanol–water partition coefficient (Wildman–Crippen LogP) is 7.29. The molecule has 3 aromatic rings. The van der Waals surface area contributed by atoms with Crippen molar-refractivity contribution in [2.45, 2.75) is 95.7 Å². The van der Waals surface area contributed by atoms with Gasteiger partial charge in [0.2, 0.25) is 0 Å². The SMILES string of the molecule is C[C@@H]1O[C@@H](O[C@@H]2[CH]CCC[C@@H]2C2CC2)[C@@H](OCc2ccccc2)[C@H](OCc2ccccc2)[C@@H]1OCc1ccccc1. The fraction of sp³-hybridized carbons (Fsp3) is 0.472. The lowest BCUT2D eigenvalue weighted by atomic mass is 9.83. The van der Waals surface area contributed by atoms with Crippen molar-refractivity contribution in [2.75, 3.05) is 0 Å². The third kappa shape index (κ3) is 7.65. The molecule has 7 atom stereocenters. The Hall–Kier alpha value is -2.54. The lowest BCUT2D eigenvalue weighted by Crippen LogP contribution is -2.61. The Morgan fingerprint density at radius 3 is 1.68 bits per heavy atom. The first-order chi connectivity index (χ1) is 20.2. The van der Waals surface area contributed by atoms with Crippen LogP contribution in [0, 0.1) is 18.3 Å². The molecular weight excluding hydrogens is 512 g/mol. The van der Waals surface area contributed by atoms with E-state index >= 15 is 0 Å². The largest absolute Gasteiger partial charge is 0.368 e. The van der Waals surface area contributed by atoms with Gasteiger partial charge in [-0.05, 0) is 67.6 Å². The molecule has 0 bridgehead atoms. The zero-order valence-corrected chi connectivity index (χ0v) is 24.1. The van der Waals surface area contributed by atoms with E-state index in [4.69, 9.17) is 23.7 Å². The van der Waals surface area contributed by atoms with Gasteiger partial charge in [0.15, 0.2) is 6.29 Å². The topological polar surface area (TPSA) is 46.2 Å². The van der Waals surface area contributed by atoms with Crippen molar-refractivity contribution in [1.82, 2.24) is 0 Å². The molecule has 1 saturated heterocycles. The Kier molecular flexibility index (Phi) is 9.82. The summed E-state index contributed by atoms with van der Waals surface area (Å²) in [6, 6.07) is 30.8. The molecule has 5 nitrogen and oxygen atoms in total. The van der Waals surface area contributed by atoms with Gasteiger partial charge in [0.25, 0.3) is 0 Å². The van der Waals surface area contributed by atoms with E-state index in [-0.39, 0.29) is 24.4 Å². The van der Waals surface area contributed by atoms with Gasteiger partial charge >= 0.3 is 0 Å². The summed E-state index contributed by atoms with van der Waals surface area (Å²) in [5, 5.41) is 0. The standard InChI is InChI=1S/C36H43O5/c1-26-33(37-23-27-13-5-2-6-14-27)34(38-24-28-15-7-3-8-16-28)35(39-25-29-17-9-4-10-18-29)36(40-26)41-32-20-12-11-19-31(32)30-21-22-30/h2-10,13-18,20,26,30-36H,11-12,19,21-25H2,1H3/t26-,31+,32+,33+,34+,35-,36-/m0/s1. The maximum atomic E-state index is 6.87. The van der Waals surface area contributed by atoms with Crippen LogP contribution in [0.1, 0.15) is 55.7 Å². The highest BCUT2D eigenvalue weighted by atomic mass is 16.7. The van der Waals surface area contributed by atoms with E-state index in [0.717, 1.165) is 29.0 Å². The Morgan fingerprint density at radius 2 is 1.15 bits per heavy atom. The van der Waals surface area contributed by atoms with Gasteiger partial charge in [-0.25, -0.2) is 0 Å². The van der Waals surface area contributed by atoms with Gasteiger partial charge in [-0.3, -0.25) is 0 Å². The fourth-order valence-corrected chi connectivity index (χ4v) is 6.29. The minimum Gasteiger partial charge on any atom is -0.368 e. The second-order valence-corrected chi connectivity index (χ2v) is 11.8. The molecule has 3 aliphatic rings. The highest BCUT2D eigenvalue weighted by Crippen LogP contribution is 2.45. The van der Waals surface area contributed by atoms with Crippen LogP contribution in [0.3, 0.4) is 0 Å². The van der Waals surface area contributed by atoms with Crippen LogP contribution in [-0.2, 0) is 43.5 Å². The molecule has 6 rings (SSSR count). The van der Waals surface area contributed by atoms with E-state index < -0.39 is 12.4 Å². The molecule has 5 heteroatoms. The van der Waals surface area contributed by atoms with E-state index in [2.05, 4.69) is 49.7 Å². The zero-order chi connectivity index (χ0) is 27.9. The van der Waals surface area contributed by atoms with E-state index in [1.807, 2.05) is 54.6 Å².